The maximum absolute atomic E-state index is 9.55. The van der Waals surface area contributed by atoms with Crippen molar-refractivity contribution in [3.63, 3.8) is 0 Å². The first-order valence-corrected chi connectivity index (χ1v) is 10.2. The van der Waals surface area contributed by atoms with Crippen molar-refractivity contribution in [1.29, 1.82) is 0 Å². The van der Waals surface area contributed by atoms with Crippen molar-refractivity contribution in [2.45, 2.75) is 0 Å². The van der Waals surface area contributed by atoms with Crippen LogP contribution in [0.3, 0.4) is 0 Å². The molecule has 6 heteroatoms. The summed E-state index contributed by atoms with van der Waals surface area (Å²) < 4.78 is 18.9. The van der Waals surface area contributed by atoms with Crippen molar-refractivity contribution >= 4 is 14.0 Å². The van der Waals surface area contributed by atoms with E-state index in [1.807, 2.05) is 30.3 Å². The zero-order valence-corrected chi connectivity index (χ0v) is 15.3. The van der Waals surface area contributed by atoms with Gasteiger partial charge in [0.2, 0.25) is 0 Å². The van der Waals surface area contributed by atoms with Crippen LogP contribution in [0.15, 0.2) is 48.5 Å². The van der Waals surface area contributed by atoms with Crippen LogP contribution in [0.1, 0.15) is 0 Å². The second-order valence-electron chi connectivity index (χ2n) is 4.25. The molecule has 0 bridgehead atoms. The van der Waals surface area contributed by atoms with E-state index in [-0.39, 0.29) is 21.2 Å². The number of phenols is 1. The average molecular weight is 417 g/mol. The van der Waals surface area contributed by atoms with Crippen LogP contribution in [-0.4, -0.2) is 35.2 Å². The molecule has 0 aliphatic carbocycles. The summed E-state index contributed by atoms with van der Waals surface area (Å²) in [4.78, 5) is 0. The zero-order valence-electron chi connectivity index (χ0n) is 12.2. The van der Waals surface area contributed by atoms with E-state index in [1.165, 1.54) is 3.57 Å². The molecule has 0 radical (unpaired) electrons. The molecule has 4 nitrogen and oxygen atoms in total. The van der Waals surface area contributed by atoms with Gasteiger partial charge in [0.05, 0.1) is 0 Å². The number of hydrogen-bond acceptors (Lipinski definition) is 4. The molecule has 0 atom stereocenters. The van der Waals surface area contributed by atoms with Crippen LogP contribution in [0.4, 0.5) is 0 Å². The zero-order chi connectivity index (χ0) is 15.3. The molecule has 0 spiro atoms. The number of rotatable bonds is 6. The fraction of sp³-hybridized carbons (Fsp3) is 0.200. The first kappa shape index (κ1) is 16.4. The Morgan fingerprint density at radius 2 is 1.43 bits per heavy atom. The molecule has 2 aromatic carbocycles. The molecule has 0 unspecified atom stereocenters. The van der Waals surface area contributed by atoms with Gasteiger partial charge in [0.15, 0.2) is 0 Å². The molecule has 2 aromatic rings. The summed E-state index contributed by atoms with van der Waals surface area (Å²) in [5.74, 6) is 0.303. The molecule has 0 fully saturated rings. The van der Waals surface area contributed by atoms with E-state index in [1.54, 1.807) is 27.4 Å². The molecular formula is C15H18IO4Si-. The quantitative estimate of drug-likeness (QED) is 0.465. The second kappa shape index (κ2) is 7.37. The first-order valence-electron chi connectivity index (χ1n) is 6.33. The van der Waals surface area contributed by atoms with E-state index < -0.39 is 8.80 Å². The third-order valence-electron chi connectivity index (χ3n) is 3.01. The van der Waals surface area contributed by atoms with Crippen molar-refractivity contribution in [3.8, 4) is 5.75 Å². The summed E-state index contributed by atoms with van der Waals surface area (Å²) in [7, 11) is 2.04. The molecule has 0 heterocycles. The monoisotopic (exact) mass is 417 g/mol. The Morgan fingerprint density at radius 3 is 2.00 bits per heavy atom. The molecule has 0 saturated carbocycles. The summed E-state index contributed by atoms with van der Waals surface area (Å²) in [5, 5.41) is 10.5. The summed E-state index contributed by atoms with van der Waals surface area (Å²) in [6.07, 6.45) is 0. The Hall–Kier alpha value is -0.933. The van der Waals surface area contributed by atoms with E-state index in [9.17, 15) is 5.11 Å². The third-order valence-corrected chi connectivity index (χ3v) is 8.23. The van der Waals surface area contributed by atoms with Crippen LogP contribution >= 0.6 is 0 Å². The molecule has 114 valence electrons. The molecule has 2 rings (SSSR count). The molecule has 0 aliphatic heterocycles. The molecule has 21 heavy (non-hydrogen) atoms. The van der Waals surface area contributed by atoms with Crippen molar-refractivity contribution in [3.05, 3.63) is 55.7 Å². The molecule has 0 aliphatic rings. The van der Waals surface area contributed by atoms with E-state index in [4.69, 9.17) is 13.3 Å². The van der Waals surface area contributed by atoms with E-state index in [0.29, 0.717) is 5.75 Å². The Kier molecular flexibility index (Phi) is 5.77. The Balaban J connectivity index is 2.29. The number of aromatic hydroxyl groups is 1. The van der Waals surface area contributed by atoms with Crippen LogP contribution in [0, 0.1) is 7.14 Å². The van der Waals surface area contributed by atoms with E-state index in [2.05, 4.69) is 12.1 Å². The maximum atomic E-state index is 9.55. The van der Waals surface area contributed by atoms with Gasteiger partial charge in [0.25, 0.3) is 0 Å². The average Bonchev–Trinajstić information content (AvgIpc) is 2.50. The van der Waals surface area contributed by atoms with Gasteiger partial charge in [-0.25, -0.2) is 0 Å². The Labute approximate surface area is 136 Å². The van der Waals surface area contributed by atoms with Crippen LogP contribution < -0.4 is 26.4 Å². The SMILES string of the molecule is CO[Si](OC)(OC)c1cccc([I-]c2cccc(O)c2)c1. The number of benzene rings is 2. The van der Waals surface area contributed by atoms with Crippen LogP contribution in [-0.2, 0) is 13.3 Å². The van der Waals surface area contributed by atoms with Crippen molar-refractivity contribution < 1.29 is 39.6 Å². The first-order chi connectivity index (χ1) is 10.1. The number of phenolic OH excluding ortho intramolecular Hbond substituents is 1. The van der Waals surface area contributed by atoms with Crippen LogP contribution in [0.2, 0.25) is 0 Å². The summed E-state index contributed by atoms with van der Waals surface area (Å²) >= 11 is -0.374. The minimum atomic E-state index is -2.78. The second-order valence-corrected chi connectivity index (χ2v) is 10.2. The number of halogens is 1. The van der Waals surface area contributed by atoms with E-state index in [0.717, 1.165) is 8.76 Å². The molecule has 0 saturated heterocycles. The van der Waals surface area contributed by atoms with Gasteiger partial charge in [-0.2, -0.15) is 0 Å². The topological polar surface area (TPSA) is 47.9 Å². The summed E-state index contributed by atoms with van der Waals surface area (Å²) in [6.45, 7) is 0. The third kappa shape index (κ3) is 3.83. The normalized spacial score (nSPS) is 11.8. The van der Waals surface area contributed by atoms with Gasteiger partial charge in [0, 0.05) is 0 Å². The van der Waals surface area contributed by atoms with Gasteiger partial charge in [0.1, 0.15) is 0 Å². The molecular weight excluding hydrogens is 399 g/mol. The van der Waals surface area contributed by atoms with Gasteiger partial charge in [-0.15, -0.1) is 0 Å². The van der Waals surface area contributed by atoms with Gasteiger partial charge < -0.3 is 0 Å². The predicted molar refractivity (Wildman–Crippen MR) is 78.4 cm³/mol. The van der Waals surface area contributed by atoms with Gasteiger partial charge in [-0.05, 0) is 0 Å². The van der Waals surface area contributed by atoms with Crippen molar-refractivity contribution in [2.75, 3.05) is 21.3 Å². The van der Waals surface area contributed by atoms with E-state index >= 15 is 0 Å². The summed E-state index contributed by atoms with van der Waals surface area (Å²) in [5.41, 5.74) is 0. The fourth-order valence-electron chi connectivity index (χ4n) is 2.00. The van der Waals surface area contributed by atoms with Gasteiger partial charge >= 0.3 is 136 Å². The van der Waals surface area contributed by atoms with Gasteiger partial charge in [-0.3, -0.25) is 0 Å². The Bertz CT molecular complexity index is 593. The molecule has 1 N–H and O–H groups in total. The fourth-order valence-corrected chi connectivity index (χ4v) is 6.60. The Morgan fingerprint density at radius 1 is 0.857 bits per heavy atom. The van der Waals surface area contributed by atoms with Crippen molar-refractivity contribution in [1.82, 2.24) is 0 Å². The van der Waals surface area contributed by atoms with Crippen LogP contribution in [0.5, 0.6) is 5.75 Å². The molecule has 0 amide bonds. The van der Waals surface area contributed by atoms with Gasteiger partial charge in [-0.1, -0.05) is 0 Å². The minimum absolute atomic E-state index is 0.303. The van der Waals surface area contributed by atoms with Crippen LogP contribution in [0.25, 0.3) is 0 Å². The number of hydrogen-bond donors (Lipinski definition) is 1. The van der Waals surface area contributed by atoms with Crippen molar-refractivity contribution in [2.24, 2.45) is 0 Å². The predicted octanol–water partition coefficient (Wildman–Crippen LogP) is -1.39. The molecule has 0 aromatic heterocycles. The summed E-state index contributed by atoms with van der Waals surface area (Å²) in [6, 6.07) is 15.5. The standard InChI is InChI=1S/C15H18IO4Si/c1-18-21(19-2,20-3)15-9-5-7-13(11-15)16-12-6-4-8-14(17)10-12/h4-11,17H,1-3H3/q-1.